The summed E-state index contributed by atoms with van der Waals surface area (Å²) in [5, 5.41) is 2.70. The van der Waals surface area contributed by atoms with Gasteiger partial charge in [0.15, 0.2) is 0 Å². The Bertz CT molecular complexity index is 260. The zero-order valence-corrected chi connectivity index (χ0v) is 9.82. The van der Waals surface area contributed by atoms with Crippen molar-refractivity contribution in [2.24, 2.45) is 5.73 Å². The molecule has 1 saturated carbocycles. The van der Waals surface area contributed by atoms with Crippen LogP contribution in [-0.4, -0.2) is 55.7 Å². The van der Waals surface area contributed by atoms with Crippen LogP contribution in [0, 0.1) is 0 Å². The number of carbonyl (C=O) groups is 1. The molecule has 3 N–H and O–H groups in total. The van der Waals surface area contributed by atoms with E-state index in [4.69, 9.17) is 10.5 Å². The highest BCUT2D eigenvalue weighted by molar-refractivity contribution is 5.81. The lowest BCUT2D eigenvalue weighted by Gasteiger charge is -2.40. The fourth-order valence-electron chi connectivity index (χ4n) is 2.79. The molecule has 0 aromatic carbocycles. The standard InChI is InChI=1S/C11H21N3O2/c1-13-11(15)10-7-16-6-5-14(10)9-4-2-3-8(9)12/h8-10H,2-7,12H2,1H3,(H,13,15). The summed E-state index contributed by atoms with van der Waals surface area (Å²) in [6.07, 6.45) is 3.35. The number of hydrogen-bond donors (Lipinski definition) is 2. The quantitative estimate of drug-likeness (QED) is 0.655. The maximum atomic E-state index is 11.8. The maximum Gasteiger partial charge on any atom is 0.239 e. The molecule has 1 aliphatic heterocycles. The van der Waals surface area contributed by atoms with E-state index in [1.54, 1.807) is 7.05 Å². The first-order valence-corrected chi connectivity index (χ1v) is 6.04. The summed E-state index contributed by atoms with van der Waals surface area (Å²) in [7, 11) is 1.67. The highest BCUT2D eigenvalue weighted by Gasteiger charge is 2.38. The minimum absolute atomic E-state index is 0.0406. The van der Waals surface area contributed by atoms with Gasteiger partial charge in [0, 0.05) is 25.7 Å². The van der Waals surface area contributed by atoms with E-state index in [2.05, 4.69) is 10.2 Å². The highest BCUT2D eigenvalue weighted by atomic mass is 16.5. The minimum Gasteiger partial charge on any atom is -0.378 e. The molecule has 3 atom stereocenters. The van der Waals surface area contributed by atoms with Gasteiger partial charge >= 0.3 is 0 Å². The Balaban J connectivity index is 2.06. The van der Waals surface area contributed by atoms with Crippen LogP contribution in [0.2, 0.25) is 0 Å². The number of nitrogens with zero attached hydrogens (tertiary/aromatic N) is 1. The molecule has 1 amide bonds. The molecular weight excluding hydrogens is 206 g/mol. The van der Waals surface area contributed by atoms with Gasteiger partial charge in [0.25, 0.3) is 0 Å². The Morgan fingerprint density at radius 1 is 1.50 bits per heavy atom. The van der Waals surface area contributed by atoms with Crippen molar-refractivity contribution < 1.29 is 9.53 Å². The molecule has 1 heterocycles. The summed E-state index contributed by atoms with van der Waals surface area (Å²) in [6, 6.07) is 0.407. The summed E-state index contributed by atoms with van der Waals surface area (Å²) < 4.78 is 5.39. The van der Waals surface area contributed by atoms with Crippen molar-refractivity contribution in [1.29, 1.82) is 0 Å². The van der Waals surface area contributed by atoms with Gasteiger partial charge in [0.1, 0.15) is 6.04 Å². The first kappa shape index (κ1) is 11.8. The summed E-state index contributed by atoms with van der Waals surface area (Å²) in [5.41, 5.74) is 6.10. The van der Waals surface area contributed by atoms with Crippen LogP contribution in [0.25, 0.3) is 0 Å². The third-order valence-electron chi connectivity index (χ3n) is 3.68. The summed E-state index contributed by atoms with van der Waals surface area (Å²) in [4.78, 5) is 14.0. The molecule has 16 heavy (non-hydrogen) atoms. The molecular formula is C11H21N3O2. The molecule has 2 fully saturated rings. The summed E-state index contributed by atoms with van der Waals surface area (Å²) in [6.45, 7) is 2.01. The van der Waals surface area contributed by atoms with Crippen molar-refractivity contribution in [3.63, 3.8) is 0 Å². The van der Waals surface area contributed by atoms with E-state index in [0.717, 1.165) is 19.4 Å². The van der Waals surface area contributed by atoms with Gasteiger partial charge in [-0.05, 0) is 12.8 Å². The first-order valence-electron chi connectivity index (χ1n) is 6.04. The Morgan fingerprint density at radius 2 is 2.31 bits per heavy atom. The van der Waals surface area contributed by atoms with Crippen molar-refractivity contribution in [2.75, 3.05) is 26.8 Å². The number of nitrogens with two attached hydrogens (primary N) is 1. The number of likely N-dealkylation sites (N-methyl/N-ethyl adjacent to an activating group) is 1. The van der Waals surface area contributed by atoms with Crippen LogP contribution in [0.15, 0.2) is 0 Å². The molecule has 2 aliphatic rings. The van der Waals surface area contributed by atoms with Crippen LogP contribution >= 0.6 is 0 Å². The molecule has 0 aromatic rings. The predicted molar refractivity (Wildman–Crippen MR) is 61.0 cm³/mol. The smallest absolute Gasteiger partial charge is 0.239 e. The topological polar surface area (TPSA) is 67.6 Å². The minimum atomic E-state index is -0.159. The normalized spacial score (nSPS) is 36.2. The fraction of sp³-hybridized carbons (Fsp3) is 0.909. The van der Waals surface area contributed by atoms with Crippen molar-refractivity contribution in [3.05, 3.63) is 0 Å². The van der Waals surface area contributed by atoms with Gasteiger partial charge in [-0.3, -0.25) is 9.69 Å². The molecule has 92 valence electrons. The SMILES string of the molecule is CNC(=O)C1COCCN1C1CCCC1N. The molecule has 5 nitrogen and oxygen atoms in total. The van der Waals surface area contributed by atoms with E-state index in [-0.39, 0.29) is 18.0 Å². The average molecular weight is 227 g/mol. The lowest BCUT2D eigenvalue weighted by molar-refractivity contribution is -0.134. The van der Waals surface area contributed by atoms with E-state index < -0.39 is 0 Å². The largest absolute Gasteiger partial charge is 0.378 e. The Morgan fingerprint density at radius 3 is 2.94 bits per heavy atom. The van der Waals surface area contributed by atoms with Crippen molar-refractivity contribution in [2.45, 2.75) is 37.4 Å². The fourth-order valence-corrected chi connectivity index (χ4v) is 2.79. The predicted octanol–water partition coefficient (Wildman–Crippen LogP) is -0.687. The van der Waals surface area contributed by atoms with Crippen LogP contribution in [-0.2, 0) is 9.53 Å². The number of nitrogens with one attached hydrogen (secondary N) is 1. The van der Waals surface area contributed by atoms with Crippen molar-refractivity contribution in [3.8, 4) is 0 Å². The monoisotopic (exact) mass is 227 g/mol. The van der Waals surface area contributed by atoms with E-state index in [1.165, 1.54) is 6.42 Å². The number of rotatable bonds is 2. The lowest BCUT2D eigenvalue weighted by Crippen LogP contribution is -2.59. The van der Waals surface area contributed by atoms with E-state index >= 15 is 0 Å². The van der Waals surface area contributed by atoms with Crippen LogP contribution in [0.1, 0.15) is 19.3 Å². The van der Waals surface area contributed by atoms with E-state index in [0.29, 0.717) is 19.3 Å². The number of amides is 1. The maximum absolute atomic E-state index is 11.8. The van der Waals surface area contributed by atoms with Gasteiger partial charge in [-0.1, -0.05) is 6.42 Å². The molecule has 1 saturated heterocycles. The second-order valence-electron chi connectivity index (χ2n) is 4.60. The molecule has 1 aliphatic carbocycles. The van der Waals surface area contributed by atoms with Crippen LogP contribution in [0.3, 0.4) is 0 Å². The first-order chi connectivity index (χ1) is 7.74. The van der Waals surface area contributed by atoms with Gasteiger partial charge in [-0.25, -0.2) is 0 Å². The number of carbonyl (C=O) groups excluding carboxylic acids is 1. The van der Waals surface area contributed by atoms with Gasteiger partial charge in [0.05, 0.1) is 13.2 Å². The highest BCUT2D eigenvalue weighted by Crippen LogP contribution is 2.25. The summed E-state index contributed by atoms with van der Waals surface area (Å²) in [5.74, 6) is 0.0406. The van der Waals surface area contributed by atoms with Crippen LogP contribution in [0.5, 0.6) is 0 Å². The van der Waals surface area contributed by atoms with Crippen molar-refractivity contribution >= 4 is 5.91 Å². The Labute approximate surface area is 96.3 Å². The molecule has 2 rings (SSSR count). The number of hydrogen-bond acceptors (Lipinski definition) is 4. The van der Waals surface area contributed by atoms with Gasteiger partial charge in [0.2, 0.25) is 5.91 Å². The Kier molecular flexibility index (Phi) is 3.78. The van der Waals surface area contributed by atoms with Gasteiger partial charge in [-0.15, -0.1) is 0 Å². The Hall–Kier alpha value is -0.650. The average Bonchev–Trinajstić information content (AvgIpc) is 2.74. The third kappa shape index (κ3) is 2.21. The summed E-state index contributed by atoms with van der Waals surface area (Å²) >= 11 is 0. The van der Waals surface area contributed by atoms with Crippen LogP contribution in [0.4, 0.5) is 0 Å². The zero-order chi connectivity index (χ0) is 11.5. The zero-order valence-electron chi connectivity index (χ0n) is 9.82. The molecule has 0 radical (unpaired) electrons. The second-order valence-corrected chi connectivity index (χ2v) is 4.60. The van der Waals surface area contributed by atoms with E-state index in [1.807, 2.05) is 0 Å². The molecule has 3 unspecified atom stereocenters. The third-order valence-corrected chi connectivity index (χ3v) is 3.68. The molecule has 0 spiro atoms. The number of morpholine rings is 1. The van der Waals surface area contributed by atoms with Gasteiger partial charge in [-0.2, -0.15) is 0 Å². The molecule has 5 heteroatoms. The van der Waals surface area contributed by atoms with E-state index in [9.17, 15) is 4.79 Å². The van der Waals surface area contributed by atoms with Crippen LogP contribution < -0.4 is 11.1 Å². The van der Waals surface area contributed by atoms with Gasteiger partial charge < -0.3 is 15.8 Å². The number of ether oxygens (including phenoxy) is 1. The van der Waals surface area contributed by atoms with Crippen molar-refractivity contribution in [1.82, 2.24) is 10.2 Å². The molecule has 0 aromatic heterocycles. The molecule has 0 bridgehead atoms. The lowest BCUT2D eigenvalue weighted by atomic mass is 10.1. The second kappa shape index (κ2) is 5.12.